The molecular weight excluding hydrogens is 356 g/mol. The van der Waals surface area contributed by atoms with E-state index in [0.29, 0.717) is 13.0 Å². The highest BCUT2D eigenvalue weighted by Gasteiger charge is 2.51. The lowest BCUT2D eigenvalue weighted by molar-refractivity contribution is -0.259. The zero-order valence-electron chi connectivity index (χ0n) is 13.3. The quantitative estimate of drug-likeness (QED) is 0.615. The molecule has 2 unspecified atom stereocenters. The molecule has 0 bridgehead atoms. The van der Waals surface area contributed by atoms with Crippen molar-refractivity contribution in [3.8, 4) is 0 Å². The number of carbonyl (C=O) groups is 1. The highest BCUT2D eigenvalue weighted by molar-refractivity contribution is 5.75. The molecule has 0 amide bonds. The maximum absolute atomic E-state index is 13.0. The predicted molar refractivity (Wildman–Crippen MR) is 75.4 cm³/mol. The number of alkyl halides is 6. The molecule has 1 rings (SSSR count). The first kappa shape index (κ1) is 21.2. The van der Waals surface area contributed by atoms with Crippen molar-refractivity contribution in [2.75, 3.05) is 6.61 Å². The standard InChI is InChI=1S/C15H17F6NO3/c1-3-25-12(23)11(22)6-8-4-9(13(2,24)15(19,20)21)7-10(5-8)14(16,17)18/h4-5,7,11,24H,3,6,22H2,1-2H3. The Labute approximate surface area is 139 Å². The summed E-state index contributed by atoms with van der Waals surface area (Å²) in [6, 6.07) is 0.177. The van der Waals surface area contributed by atoms with Gasteiger partial charge in [0.1, 0.15) is 6.04 Å². The molecule has 2 atom stereocenters. The number of carbonyl (C=O) groups excluding carboxylic acids is 1. The molecule has 0 heterocycles. The minimum Gasteiger partial charge on any atom is -0.465 e. The van der Waals surface area contributed by atoms with Crippen LogP contribution in [0.5, 0.6) is 0 Å². The van der Waals surface area contributed by atoms with Crippen molar-refractivity contribution in [2.24, 2.45) is 5.73 Å². The van der Waals surface area contributed by atoms with E-state index in [2.05, 4.69) is 4.74 Å². The Morgan fingerprint density at radius 2 is 1.68 bits per heavy atom. The number of ether oxygens (including phenoxy) is 1. The first-order chi connectivity index (χ1) is 11.2. The van der Waals surface area contributed by atoms with Crippen molar-refractivity contribution >= 4 is 5.97 Å². The lowest BCUT2D eigenvalue weighted by Gasteiger charge is -2.28. The Morgan fingerprint density at radius 3 is 2.12 bits per heavy atom. The molecule has 0 fully saturated rings. The summed E-state index contributed by atoms with van der Waals surface area (Å²) < 4.78 is 82.3. The van der Waals surface area contributed by atoms with E-state index in [1.54, 1.807) is 0 Å². The van der Waals surface area contributed by atoms with E-state index in [9.17, 15) is 36.2 Å². The number of nitrogens with two attached hydrogens (primary N) is 1. The molecule has 1 aromatic rings. The third-order valence-corrected chi connectivity index (χ3v) is 3.48. The lowest BCUT2D eigenvalue weighted by atomic mass is 9.90. The Balaban J connectivity index is 3.35. The van der Waals surface area contributed by atoms with Gasteiger partial charge in [-0.2, -0.15) is 26.3 Å². The summed E-state index contributed by atoms with van der Waals surface area (Å²) in [5.74, 6) is -0.899. The van der Waals surface area contributed by atoms with E-state index in [4.69, 9.17) is 5.73 Å². The summed E-state index contributed by atoms with van der Waals surface area (Å²) in [5.41, 5.74) is -0.674. The third-order valence-electron chi connectivity index (χ3n) is 3.48. The Kier molecular flexibility index (Phi) is 6.12. The van der Waals surface area contributed by atoms with Crippen LogP contribution in [0.1, 0.15) is 30.5 Å². The van der Waals surface area contributed by atoms with E-state index >= 15 is 0 Å². The zero-order valence-corrected chi connectivity index (χ0v) is 13.3. The van der Waals surface area contributed by atoms with Crippen LogP contribution in [0.2, 0.25) is 0 Å². The van der Waals surface area contributed by atoms with Gasteiger partial charge < -0.3 is 15.6 Å². The second-order valence-electron chi connectivity index (χ2n) is 5.55. The van der Waals surface area contributed by atoms with E-state index in [-0.39, 0.29) is 18.2 Å². The summed E-state index contributed by atoms with van der Waals surface area (Å²) in [6.07, 6.45) is -10.6. The van der Waals surface area contributed by atoms with Crippen molar-refractivity contribution in [1.82, 2.24) is 0 Å². The number of esters is 1. The smallest absolute Gasteiger partial charge is 0.421 e. The highest BCUT2D eigenvalue weighted by atomic mass is 19.4. The third kappa shape index (κ3) is 5.08. The molecule has 0 aromatic heterocycles. The molecule has 25 heavy (non-hydrogen) atoms. The van der Waals surface area contributed by atoms with Gasteiger partial charge in [-0.1, -0.05) is 6.07 Å². The van der Waals surface area contributed by atoms with Crippen LogP contribution in [-0.2, 0) is 27.7 Å². The fraction of sp³-hybridized carbons (Fsp3) is 0.533. The van der Waals surface area contributed by atoms with Crippen LogP contribution in [0.25, 0.3) is 0 Å². The fourth-order valence-corrected chi connectivity index (χ4v) is 2.00. The molecule has 3 N–H and O–H groups in total. The van der Waals surface area contributed by atoms with E-state index < -0.39 is 47.5 Å². The van der Waals surface area contributed by atoms with Gasteiger partial charge in [0, 0.05) is 0 Å². The predicted octanol–water partition coefficient (Wildman–Crippen LogP) is 2.91. The molecule has 142 valence electrons. The van der Waals surface area contributed by atoms with E-state index in [1.165, 1.54) is 6.92 Å². The summed E-state index contributed by atoms with van der Waals surface area (Å²) in [5, 5.41) is 9.65. The van der Waals surface area contributed by atoms with Gasteiger partial charge in [-0.15, -0.1) is 0 Å². The fourth-order valence-electron chi connectivity index (χ4n) is 2.00. The molecule has 4 nitrogen and oxygen atoms in total. The monoisotopic (exact) mass is 373 g/mol. The summed E-state index contributed by atoms with van der Waals surface area (Å²) >= 11 is 0. The number of hydrogen-bond acceptors (Lipinski definition) is 4. The average Bonchev–Trinajstić information content (AvgIpc) is 2.45. The molecule has 0 saturated carbocycles. The molecule has 10 heteroatoms. The maximum atomic E-state index is 13.0. The van der Waals surface area contributed by atoms with E-state index in [0.717, 1.165) is 6.07 Å². The number of halogens is 6. The molecule has 0 aliphatic rings. The van der Waals surface area contributed by atoms with Gasteiger partial charge in [0.25, 0.3) is 0 Å². The van der Waals surface area contributed by atoms with Gasteiger partial charge >= 0.3 is 18.3 Å². The SMILES string of the molecule is CCOC(=O)C(N)Cc1cc(C(F)(F)F)cc(C(C)(O)C(F)(F)F)c1. The molecule has 0 spiro atoms. The molecule has 1 aromatic carbocycles. The summed E-state index contributed by atoms with van der Waals surface area (Å²) in [7, 11) is 0. The van der Waals surface area contributed by atoms with Crippen LogP contribution in [0.15, 0.2) is 18.2 Å². The normalized spacial score (nSPS) is 16.2. The number of rotatable bonds is 5. The molecule has 0 saturated heterocycles. The number of hydrogen-bond donors (Lipinski definition) is 2. The molecule has 0 aliphatic heterocycles. The molecule has 0 aliphatic carbocycles. The number of aliphatic hydroxyl groups is 1. The first-order valence-corrected chi connectivity index (χ1v) is 7.13. The molecule has 0 radical (unpaired) electrons. The lowest BCUT2D eigenvalue weighted by Crippen LogP contribution is -2.39. The van der Waals surface area contributed by atoms with Gasteiger partial charge in [0.2, 0.25) is 0 Å². The van der Waals surface area contributed by atoms with Crippen molar-refractivity contribution in [1.29, 1.82) is 0 Å². The van der Waals surface area contributed by atoms with E-state index in [1.807, 2.05) is 0 Å². The zero-order chi connectivity index (χ0) is 19.6. The molecular formula is C15H17F6NO3. The van der Waals surface area contributed by atoms with Crippen LogP contribution >= 0.6 is 0 Å². The maximum Gasteiger partial charge on any atom is 0.421 e. The Morgan fingerprint density at radius 1 is 1.16 bits per heavy atom. The topological polar surface area (TPSA) is 72.5 Å². The van der Waals surface area contributed by atoms with Crippen molar-refractivity contribution in [2.45, 2.75) is 44.3 Å². The van der Waals surface area contributed by atoms with Crippen molar-refractivity contribution in [3.05, 3.63) is 34.9 Å². The second kappa shape index (κ2) is 7.20. The van der Waals surface area contributed by atoms with Gasteiger partial charge in [-0.05, 0) is 43.5 Å². The van der Waals surface area contributed by atoms with Gasteiger partial charge in [-0.25, -0.2) is 0 Å². The first-order valence-electron chi connectivity index (χ1n) is 7.13. The van der Waals surface area contributed by atoms with Gasteiger partial charge in [0.05, 0.1) is 12.2 Å². The Hall–Kier alpha value is -1.81. The van der Waals surface area contributed by atoms with Crippen LogP contribution in [0.4, 0.5) is 26.3 Å². The number of benzene rings is 1. The highest BCUT2D eigenvalue weighted by Crippen LogP contribution is 2.41. The van der Waals surface area contributed by atoms with Crippen LogP contribution in [0.3, 0.4) is 0 Å². The van der Waals surface area contributed by atoms with Crippen molar-refractivity contribution in [3.63, 3.8) is 0 Å². The minimum atomic E-state index is -5.20. The summed E-state index contributed by atoms with van der Waals surface area (Å²) in [4.78, 5) is 11.5. The van der Waals surface area contributed by atoms with Crippen LogP contribution in [0, 0.1) is 0 Å². The van der Waals surface area contributed by atoms with Gasteiger partial charge in [0.15, 0.2) is 5.60 Å². The minimum absolute atomic E-state index is 0.0108. The second-order valence-corrected chi connectivity index (χ2v) is 5.55. The van der Waals surface area contributed by atoms with Crippen molar-refractivity contribution < 1.29 is 41.0 Å². The summed E-state index contributed by atoms with van der Waals surface area (Å²) in [6.45, 7) is 1.83. The van der Waals surface area contributed by atoms with Crippen LogP contribution < -0.4 is 5.73 Å². The average molecular weight is 373 g/mol. The Bertz CT molecular complexity index is 625. The van der Waals surface area contributed by atoms with Gasteiger partial charge in [-0.3, -0.25) is 4.79 Å². The largest absolute Gasteiger partial charge is 0.465 e. The van der Waals surface area contributed by atoms with Crippen LogP contribution in [-0.4, -0.2) is 29.9 Å².